The molecule has 52 valence electrons. The maximum atomic E-state index is 10.3. The summed E-state index contributed by atoms with van der Waals surface area (Å²) in [6, 6.07) is 8.52. The molecule has 1 aromatic rings. The van der Waals surface area contributed by atoms with Crippen LogP contribution in [-0.4, -0.2) is 6.03 Å². The highest BCUT2D eigenvalue weighted by Gasteiger charge is 1.90. The summed E-state index contributed by atoms with van der Waals surface area (Å²) in [7, 11) is 0. The normalized spacial score (nSPS) is 8.80. The van der Waals surface area contributed by atoms with Gasteiger partial charge in [-0.25, -0.2) is 4.79 Å². The summed E-state index contributed by atoms with van der Waals surface area (Å²) in [5, 5.41) is 2.44. The minimum atomic E-state index is -0.536. The smallest absolute Gasteiger partial charge is 0.316 e. The van der Waals surface area contributed by atoms with Crippen LogP contribution in [0.1, 0.15) is 0 Å². The second-order valence-electron chi connectivity index (χ2n) is 1.86. The van der Waals surface area contributed by atoms with Gasteiger partial charge in [0.05, 0.1) is 0 Å². The first-order chi connectivity index (χ1) is 4.79. The number of para-hydroxylation sites is 1. The van der Waals surface area contributed by atoms with Gasteiger partial charge in [-0.15, -0.1) is 0 Å². The molecule has 0 saturated heterocycles. The number of carbonyl (C=O) groups is 1. The third-order valence-electron chi connectivity index (χ3n) is 1.04. The van der Waals surface area contributed by atoms with Crippen LogP contribution in [0.2, 0.25) is 0 Å². The van der Waals surface area contributed by atoms with Crippen LogP contribution in [0, 0.1) is 0 Å². The molecule has 1 rings (SSSR count). The lowest BCUT2D eigenvalue weighted by atomic mass is 10.3. The molecule has 0 heterocycles. The van der Waals surface area contributed by atoms with Crippen molar-refractivity contribution in [3.63, 3.8) is 0 Å². The Morgan fingerprint density at radius 1 is 1.30 bits per heavy atom. The summed E-state index contributed by atoms with van der Waals surface area (Å²) < 4.78 is 0. The fourth-order valence-electron chi connectivity index (χ4n) is 0.664. The van der Waals surface area contributed by atoms with Crippen molar-refractivity contribution in [2.45, 2.75) is 0 Å². The zero-order valence-corrected chi connectivity index (χ0v) is 5.37. The number of primary amides is 1. The lowest BCUT2D eigenvalue weighted by Gasteiger charge is -1.97. The molecule has 0 spiro atoms. The fraction of sp³-hybridized carbons (Fsp3) is 0. The van der Waals surface area contributed by atoms with E-state index in [0.29, 0.717) is 0 Å². The number of rotatable bonds is 1. The highest BCUT2D eigenvalue weighted by molar-refractivity contribution is 5.87. The molecule has 0 aromatic heterocycles. The average Bonchev–Trinajstić information content (AvgIpc) is 1.88. The largest absolute Gasteiger partial charge is 0.351 e. The second-order valence-corrected chi connectivity index (χ2v) is 1.86. The van der Waals surface area contributed by atoms with E-state index in [-0.39, 0.29) is 0 Å². The summed E-state index contributed by atoms with van der Waals surface area (Å²) >= 11 is 0. The average molecular weight is 138 g/mol. The molecular formula is C7H8N2O. The summed E-state index contributed by atoms with van der Waals surface area (Å²) in [4.78, 5) is 10.3. The summed E-state index contributed by atoms with van der Waals surface area (Å²) in [5.74, 6) is 0. The molecule has 10 heavy (non-hydrogen) atoms. The maximum absolute atomic E-state index is 10.3. The van der Waals surface area contributed by atoms with E-state index in [2.05, 4.69) is 5.32 Å². The van der Waals surface area contributed by atoms with Crippen LogP contribution in [-0.2, 0) is 0 Å². The molecule has 3 heteroatoms. The highest BCUT2D eigenvalue weighted by Crippen LogP contribution is 2.03. The zero-order chi connectivity index (χ0) is 7.40. The van der Waals surface area contributed by atoms with E-state index in [1.807, 2.05) is 18.2 Å². The van der Waals surface area contributed by atoms with Gasteiger partial charge in [-0.05, 0) is 12.1 Å². The van der Waals surface area contributed by atoms with Gasteiger partial charge in [0.2, 0.25) is 0 Å². The van der Waals surface area contributed by atoms with Crippen molar-refractivity contribution < 1.29 is 4.79 Å². The lowest BCUT2D eigenvalue weighted by molar-refractivity contribution is 0.259. The summed E-state index contributed by atoms with van der Waals surface area (Å²) in [6.07, 6.45) is 0. The van der Waals surface area contributed by atoms with Gasteiger partial charge in [0.1, 0.15) is 0 Å². The minimum absolute atomic E-state index is 0.536. The predicted octanol–water partition coefficient (Wildman–Crippen LogP) is 1.18. The first kappa shape index (κ1) is 6.61. The van der Waals surface area contributed by atoms with Gasteiger partial charge in [-0.1, -0.05) is 18.2 Å². The fourth-order valence-corrected chi connectivity index (χ4v) is 0.664. The third kappa shape index (κ3) is 1.78. The molecule has 0 fully saturated rings. The van der Waals surface area contributed by atoms with Gasteiger partial charge in [0.15, 0.2) is 0 Å². The molecule has 0 aliphatic heterocycles. The first-order valence-corrected chi connectivity index (χ1v) is 2.90. The molecule has 3 nitrogen and oxygen atoms in total. The molecule has 3 N–H and O–H groups in total. The molecule has 0 saturated carbocycles. The first-order valence-electron chi connectivity index (χ1n) is 2.90. The number of benzene rings is 1. The lowest BCUT2D eigenvalue weighted by Crippen LogP contribution is -2.18. The van der Waals surface area contributed by atoms with Crippen molar-refractivity contribution in [1.82, 2.24) is 0 Å². The zero-order valence-electron chi connectivity index (χ0n) is 5.37. The van der Waals surface area contributed by atoms with E-state index in [4.69, 9.17) is 5.73 Å². The number of anilines is 1. The van der Waals surface area contributed by atoms with E-state index in [1.165, 1.54) is 0 Å². The van der Waals surface area contributed by atoms with Crippen molar-refractivity contribution in [2.24, 2.45) is 5.73 Å². The summed E-state index contributed by atoms with van der Waals surface area (Å²) in [5.41, 5.74) is 5.59. The Balaban J connectivity index is 2.67. The van der Waals surface area contributed by atoms with Crippen molar-refractivity contribution in [1.29, 1.82) is 0 Å². The SMILES string of the molecule is N[14C](=O)Nc1ccccc1. The molecular weight excluding hydrogens is 130 g/mol. The molecule has 1 aromatic carbocycles. The van der Waals surface area contributed by atoms with E-state index in [9.17, 15) is 4.79 Å². The van der Waals surface area contributed by atoms with Gasteiger partial charge in [0, 0.05) is 5.69 Å². The maximum Gasteiger partial charge on any atom is 0.316 e. The number of hydrogen-bond acceptors (Lipinski definition) is 1. The monoisotopic (exact) mass is 138 g/mol. The van der Waals surface area contributed by atoms with Gasteiger partial charge in [-0.2, -0.15) is 0 Å². The van der Waals surface area contributed by atoms with Gasteiger partial charge >= 0.3 is 6.03 Å². The summed E-state index contributed by atoms with van der Waals surface area (Å²) in [6.45, 7) is 0. The number of nitrogens with two attached hydrogens (primary N) is 1. The van der Waals surface area contributed by atoms with Gasteiger partial charge in [0.25, 0.3) is 0 Å². The van der Waals surface area contributed by atoms with Crippen LogP contribution in [0.5, 0.6) is 0 Å². The molecule has 0 bridgehead atoms. The van der Waals surface area contributed by atoms with Crippen LogP contribution < -0.4 is 11.1 Å². The Labute approximate surface area is 58.8 Å². The molecule has 2 amide bonds. The Morgan fingerprint density at radius 3 is 2.40 bits per heavy atom. The van der Waals surface area contributed by atoms with E-state index in [1.54, 1.807) is 12.1 Å². The molecule has 0 unspecified atom stereocenters. The second kappa shape index (κ2) is 2.87. The van der Waals surface area contributed by atoms with E-state index < -0.39 is 6.03 Å². The van der Waals surface area contributed by atoms with Crippen LogP contribution in [0.3, 0.4) is 0 Å². The standard InChI is InChI=1S/C7H8N2O/c8-7(10)9-6-4-2-1-3-5-6/h1-5H,(H3,8,9,10)/i7+2. The van der Waals surface area contributed by atoms with Crippen molar-refractivity contribution >= 4 is 11.7 Å². The third-order valence-corrected chi connectivity index (χ3v) is 1.04. The van der Waals surface area contributed by atoms with Crippen molar-refractivity contribution in [3.05, 3.63) is 30.3 Å². The van der Waals surface area contributed by atoms with Crippen molar-refractivity contribution in [3.8, 4) is 0 Å². The van der Waals surface area contributed by atoms with E-state index >= 15 is 0 Å². The number of amides is 2. The highest BCUT2D eigenvalue weighted by atomic mass is 16.3. The quantitative estimate of drug-likeness (QED) is 0.601. The Morgan fingerprint density at radius 2 is 1.90 bits per heavy atom. The van der Waals surface area contributed by atoms with Gasteiger partial charge < -0.3 is 11.1 Å². The Bertz CT molecular complexity index is 220. The molecule has 0 aliphatic carbocycles. The molecule has 0 atom stereocenters. The molecule has 0 radical (unpaired) electrons. The van der Waals surface area contributed by atoms with E-state index in [0.717, 1.165) is 5.69 Å². The Kier molecular flexibility index (Phi) is 1.89. The van der Waals surface area contributed by atoms with Crippen LogP contribution in [0.15, 0.2) is 30.3 Å². The minimum Gasteiger partial charge on any atom is -0.351 e. The number of urea groups is 1. The van der Waals surface area contributed by atoms with Crippen LogP contribution in [0.4, 0.5) is 10.5 Å². The number of nitrogens with one attached hydrogen (secondary N) is 1. The number of hydrogen-bond donors (Lipinski definition) is 2. The topological polar surface area (TPSA) is 55.1 Å². The van der Waals surface area contributed by atoms with Gasteiger partial charge in [-0.3, -0.25) is 0 Å². The van der Waals surface area contributed by atoms with Crippen LogP contribution >= 0.6 is 0 Å². The molecule has 0 aliphatic rings. The number of carbonyl (C=O) groups excluding carboxylic acids is 1. The Hall–Kier alpha value is -1.51. The van der Waals surface area contributed by atoms with Crippen molar-refractivity contribution in [2.75, 3.05) is 5.32 Å². The van der Waals surface area contributed by atoms with Crippen LogP contribution in [0.25, 0.3) is 0 Å². The predicted molar refractivity (Wildman–Crippen MR) is 39.6 cm³/mol.